The summed E-state index contributed by atoms with van der Waals surface area (Å²) in [5, 5.41) is 8.95. The summed E-state index contributed by atoms with van der Waals surface area (Å²) >= 11 is 0. The summed E-state index contributed by atoms with van der Waals surface area (Å²) in [6.45, 7) is 4.62. The van der Waals surface area contributed by atoms with Crippen molar-refractivity contribution in [1.29, 1.82) is 0 Å². The zero-order chi connectivity index (χ0) is 24.8. The van der Waals surface area contributed by atoms with Crippen molar-refractivity contribution in [1.82, 2.24) is 24.6 Å². The number of H-pyrrole nitrogens is 1. The molecule has 3 aliphatic heterocycles. The maximum atomic E-state index is 6.70. The van der Waals surface area contributed by atoms with Gasteiger partial charge in [-0.25, -0.2) is 4.98 Å². The molecule has 0 unspecified atom stereocenters. The number of aromatic nitrogens is 5. The Morgan fingerprint density at radius 2 is 2.00 bits per heavy atom. The van der Waals surface area contributed by atoms with Crippen molar-refractivity contribution in [2.45, 2.75) is 69.6 Å². The highest BCUT2D eigenvalue weighted by Gasteiger charge is 2.48. The number of anilines is 1. The Morgan fingerprint density at radius 1 is 1.14 bits per heavy atom. The van der Waals surface area contributed by atoms with Crippen LogP contribution in [0.5, 0.6) is 5.75 Å². The summed E-state index contributed by atoms with van der Waals surface area (Å²) in [5.41, 5.74) is 11.4. The quantitative estimate of drug-likeness (QED) is 0.431. The molecule has 3 fully saturated rings. The van der Waals surface area contributed by atoms with E-state index in [0.29, 0.717) is 0 Å². The third kappa shape index (κ3) is 3.07. The SMILES string of the molecule is C[C@@H]1OCC2(CCN(c3nc4[nH]nc(-c5cccc6c5OC5(CCC5)CC6)c4c4nccn34)CC2)[C@@H]1N. The Hall–Kier alpha value is -3.17. The monoisotopic (exact) mass is 499 g/mol. The minimum Gasteiger partial charge on any atom is -0.486 e. The number of aromatic amines is 1. The number of piperidine rings is 1. The Labute approximate surface area is 215 Å². The number of nitrogens with two attached hydrogens (primary N) is 1. The molecule has 1 saturated carbocycles. The fourth-order valence-corrected chi connectivity index (χ4v) is 7.11. The summed E-state index contributed by atoms with van der Waals surface area (Å²) in [7, 11) is 0. The van der Waals surface area contributed by atoms with Gasteiger partial charge in [-0.15, -0.1) is 0 Å². The van der Waals surface area contributed by atoms with Gasteiger partial charge < -0.3 is 20.1 Å². The summed E-state index contributed by atoms with van der Waals surface area (Å²) in [5.74, 6) is 1.88. The van der Waals surface area contributed by atoms with Gasteiger partial charge in [0.15, 0.2) is 11.3 Å². The molecular weight excluding hydrogens is 466 g/mol. The summed E-state index contributed by atoms with van der Waals surface area (Å²) in [6, 6.07) is 6.51. The molecule has 2 atom stereocenters. The molecule has 2 spiro atoms. The van der Waals surface area contributed by atoms with Gasteiger partial charge in [0, 0.05) is 42.5 Å². The largest absolute Gasteiger partial charge is 0.486 e. The highest BCUT2D eigenvalue weighted by molar-refractivity contribution is 6.02. The third-order valence-corrected chi connectivity index (χ3v) is 9.71. The standard InChI is InChI=1S/C28H33N7O2/c1-17-23(29)27(16-36-17)10-13-34(14-11-27)26-31-24-20(25-30-12-15-35(25)26)21(32-33-24)19-5-2-4-18-6-9-28(7-3-8-28)37-22(18)19/h2,4-5,12,15,17,23H,3,6-11,13-14,16,29H2,1H3,(H,32,33)/t17-,23+/m0/s1. The van der Waals surface area contributed by atoms with E-state index in [1.54, 1.807) is 0 Å². The Balaban J connectivity index is 1.19. The molecule has 8 rings (SSSR count). The van der Waals surface area contributed by atoms with Crippen LogP contribution < -0.4 is 15.4 Å². The van der Waals surface area contributed by atoms with Crippen LogP contribution in [0.15, 0.2) is 30.6 Å². The Kier molecular flexibility index (Phi) is 4.54. The van der Waals surface area contributed by atoms with Crippen LogP contribution in [0.25, 0.3) is 27.9 Å². The van der Waals surface area contributed by atoms with E-state index in [2.05, 4.69) is 39.5 Å². The zero-order valence-electron chi connectivity index (χ0n) is 21.2. The molecule has 1 aromatic carbocycles. The first-order chi connectivity index (χ1) is 18.1. The molecule has 6 heterocycles. The number of aryl methyl sites for hydroxylation is 1. The van der Waals surface area contributed by atoms with E-state index in [0.717, 1.165) is 97.9 Å². The molecule has 0 radical (unpaired) electrons. The van der Waals surface area contributed by atoms with Crippen molar-refractivity contribution in [2.24, 2.45) is 11.1 Å². The van der Waals surface area contributed by atoms with Gasteiger partial charge in [0.2, 0.25) is 5.95 Å². The van der Waals surface area contributed by atoms with E-state index in [-0.39, 0.29) is 23.2 Å². The van der Waals surface area contributed by atoms with Crippen molar-refractivity contribution < 1.29 is 9.47 Å². The molecule has 4 aromatic rings. The molecule has 1 aliphatic carbocycles. The average Bonchev–Trinajstić information content (AvgIpc) is 3.62. The zero-order valence-corrected chi connectivity index (χ0v) is 21.2. The number of fused-ring (bicyclic) bond motifs is 4. The van der Waals surface area contributed by atoms with Gasteiger partial charge in [-0.1, -0.05) is 12.1 Å². The maximum absolute atomic E-state index is 6.70. The third-order valence-electron chi connectivity index (χ3n) is 9.71. The first-order valence-corrected chi connectivity index (χ1v) is 13.7. The molecule has 0 bridgehead atoms. The highest BCUT2D eigenvalue weighted by Crippen LogP contribution is 2.49. The van der Waals surface area contributed by atoms with Crippen LogP contribution in [-0.2, 0) is 11.2 Å². The van der Waals surface area contributed by atoms with Crippen LogP contribution in [0, 0.1) is 5.41 Å². The first-order valence-electron chi connectivity index (χ1n) is 13.7. The van der Waals surface area contributed by atoms with Crippen LogP contribution in [0.4, 0.5) is 5.95 Å². The fourth-order valence-electron chi connectivity index (χ4n) is 7.11. The van der Waals surface area contributed by atoms with Crippen LogP contribution in [-0.4, -0.2) is 62.0 Å². The molecule has 37 heavy (non-hydrogen) atoms. The number of para-hydroxylation sites is 1. The second-order valence-electron chi connectivity index (χ2n) is 11.7. The topological polar surface area (TPSA) is 107 Å². The fraction of sp³-hybridized carbons (Fsp3) is 0.536. The molecule has 9 heteroatoms. The number of nitrogens with one attached hydrogen (secondary N) is 1. The smallest absolute Gasteiger partial charge is 0.213 e. The second-order valence-corrected chi connectivity index (χ2v) is 11.7. The van der Waals surface area contributed by atoms with E-state index in [4.69, 9.17) is 30.3 Å². The van der Waals surface area contributed by atoms with Crippen molar-refractivity contribution in [3.05, 3.63) is 36.2 Å². The summed E-state index contributed by atoms with van der Waals surface area (Å²) < 4.78 is 14.7. The van der Waals surface area contributed by atoms with E-state index in [1.165, 1.54) is 12.0 Å². The molecule has 192 valence electrons. The van der Waals surface area contributed by atoms with Gasteiger partial charge in [-0.3, -0.25) is 9.50 Å². The van der Waals surface area contributed by atoms with Crippen molar-refractivity contribution in [3.63, 3.8) is 0 Å². The highest BCUT2D eigenvalue weighted by atomic mass is 16.5. The first kappa shape index (κ1) is 21.9. The van der Waals surface area contributed by atoms with Crippen LogP contribution >= 0.6 is 0 Å². The van der Waals surface area contributed by atoms with Crippen LogP contribution in [0.1, 0.15) is 51.0 Å². The normalized spacial score (nSPS) is 26.1. The molecular formula is C28H33N7O2. The number of hydrogen-bond donors (Lipinski definition) is 2. The Bertz CT molecular complexity index is 1510. The predicted molar refractivity (Wildman–Crippen MR) is 141 cm³/mol. The van der Waals surface area contributed by atoms with E-state index >= 15 is 0 Å². The van der Waals surface area contributed by atoms with Crippen molar-refractivity contribution in [3.8, 4) is 17.0 Å². The van der Waals surface area contributed by atoms with Gasteiger partial charge in [0.25, 0.3) is 0 Å². The molecule has 3 aromatic heterocycles. The molecule has 3 N–H and O–H groups in total. The van der Waals surface area contributed by atoms with E-state index < -0.39 is 0 Å². The predicted octanol–water partition coefficient (Wildman–Crippen LogP) is 3.85. The number of benzene rings is 1. The second kappa shape index (κ2) is 7.68. The number of rotatable bonds is 2. The average molecular weight is 500 g/mol. The number of nitrogens with zero attached hydrogens (tertiary/aromatic N) is 5. The summed E-state index contributed by atoms with van der Waals surface area (Å²) in [6.07, 6.45) is 11.7. The molecule has 0 amide bonds. The molecule has 9 nitrogen and oxygen atoms in total. The van der Waals surface area contributed by atoms with Gasteiger partial charge in [0.05, 0.1) is 18.1 Å². The number of hydrogen-bond acceptors (Lipinski definition) is 7. The van der Waals surface area contributed by atoms with Gasteiger partial charge in [-0.2, -0.15) is 10.1 Å². The molecule has 4 aliphatic rings. The van der Waals surface area contributed by atoms with Crippen LogP contribution in [0.2, 0.25) is 0 Å². The van der Waals surface area contributed by atoms with Gasteiger partial charge in [-0.05, 0) is 63.5 Å². The summed E-state index contributed by atoms with van der Waals surface area (Å²) in [4.78, 5) is 12.2. The number of ether oxygens (including phenoxy) is 2. The van der Waals surface area contributed by atoms with Crippen molar-refractivity contribution in [2.75, 3.05) is 24.6 Å². The lowest BCUT2D eigenvalue weighted by Crippen LogP contribution is -2.51. The molecule has 2 saturated heterocycles. The lowest BCUT2D eigenvalue weighted by Gasteiger charge is -2.45. The lowest BCUT2D eigenvalue weighted by atomic mass is 9.73. The van der Waals surface area contributed by atoms with E-state index in [1.807, 2.05) is 12.4 Å². The van der Waals surface area contributed by atoms with E-state index in [9.17, 15) is 0 Å². The van der Waals surface area contributed by atoms with Crippen LogP contribution in [0.3, 0.4) is 0 Å². The minimum absolute atomic E-state index is 0.0135. The number of imidazole rings is 1. The minimum atomic E-state index is 0.0135. The lowest BCUT2D eigenvalue weighted by molar-refractivity contribution is -0.0244. The van der Waals surface area contributed by atoms with Crippen molar-refractivity contribution >= 4 is 22.6 Å². The Morgan fingerprint density at radius 3 is 2.76 bits per heavy atom. The van der Waals surface area contributed by atoms with Gasteiger partial charge >= 0.3 is 0 Å². The maximum Gasteiger partial charge on any atom is 0.213 e. The van der Waals surface area contributed by atoms with Gasteiger partial charge in [0.1, 0.15) is 17.0 Å².